The van der Waals surface area contributed by atoms with E-state index in [0.29, 0.717) is 6.61 Å². The van der Waals surface area contributed by atoms with E-state index in [0.717, 1.165) is 39.4 Å². The van der Waals surface area contributed by atoms with E-state index >= 15 is 0 Å². The quantitative estimate of drug-likeness (QED) is 0.739. The number of hydrogen-bond donors (Lipinski definition) is 1. The summed E-state index contributed by atoms with van der Waals surface area (Å²) in [4.78, 5) is 9.33. The Morgan fingerprint density at radius 3 is 2.75 bits per heavy atom. The number of aryl methyl sites for hydroxylation is 1. The Hall–Kier alpha value is -0.730. The number of nitrogens with one attached hydrogen (secondary N) is 1. The molecule has 1 N–H and O–H groups in total. The number of halogens is 1. The lowest BCUT2D eigenvalue weighted by Gasteiger charge is -2.12. The average Bonchev–Trinajstić information content (AvgIpc) is 2.86. The van der Waals surface area contributed by atoms with Gasteiger partial charge in [-0.25, -0.2) is 9.97 Å². The molecule has 0 amide bonds. The van der Waals surface area contributed by atoms with Gasteiger partial charge in [0.15, 0.2) is 5.82 Å². The predicted molar refractivity (Wildman–Crippen MR) is 92.3 cm³/mol. The fourth-order valence-electron chi connectivity index (χ4n) is 1.80. The van der Waals surface area contributed by atoms with Crippen LogP contribution in [0.5, 0.6) is 0 Å². The molecule has 0 aliphatic rings. The van der Waals surface area contributed by atoms with Gasteiger partial charge in [0.1, 0.15) is 5.82 Å². The molecule has 2 aromatic rings. The molecular weight excluding hydrogens is 385 g/mol. The summed E-state index contributed by atoms with van der Waals surface area (Å²) in [6.07, 6.45) is 1.06. The van der Waals surface area contributed by atoms with Gasteiger partial charge in [0.05, 0.1) is 15.9 Å². The molecule has 0 spiro atoms. The largest absolute Gasteiger partial charge is 0.378 e. The van der Waals surface area contributed by atoms with Gasteiger partial charge in [-0.1, -0.05) is 6.92 Å². The summed E-state index contributed by atoms with van der Waals surface area (Å²) in [6, 6.07) is 0. The zero-order valence-corrected chi connectivity index (χ0v) is 14.8. The fraction of sp³-hybridized carbons (Fsp3) is 0.429. The number of methoxy groups -OCH3 is 1. The second-order valence-corrected chi connectivity index (χ2v) is 6.31. The molecule has 4 nitrogen and oxygen atoms in total. The van der Waals surface area contributed by atoms with Crippen LogP contribution in [0.2, 0.25) is 0 Å². The summed E-state index contributed by atoms with van der Waals surface area (Å²) in [7, 11) is 1.69. The van der Waals surface area contributed by atoms with Crippen LogP contribution in [0.1, 0.15) is 24.6 Å². The van der Waals surface area contributed by atoms with Crippen LogP contribution in [0.3, 0.4) is 0 Å². The molecule has 6 heteroatoms. The molecule has 0 aromatic carbocycles. The Morgan fingerprint density at radius 1 is 1.35 bits per heavy atom. The van der Waals surface area contributed by atoms with Gasteiger partial charge in [-0.05, 0) is 46.9 Å². The van der Waals surface area contributed by atoms with Gasteiger partial charge in [0.2, 0.25) is 0 Å². The lowest BCUT2D eigenvalue weighted by atomic mass is 10.2. The maximum Gasteiger partial charge on any atom is 0.163 e. The first-order valence-electron chi connectivity index (χ1n) is 6.49. The Labute approximate surface area is 137 Å². The van der Waals surface area contributed by atoms with Gasteiger partial charge >= 0.3 is 0 Å². The molecule has 2 aromatic heterocycles. The van der Waals surface area contributed by atoms with Crippen molar-refractivity contribution < 1.29 is 4.74 Å². The number of rotatable bonds is 6. The van der Waals surface area contributed by atoms with Crippen molar-refractivity contribution in [2.24, 2.45) is 0 Å². The van der Waals surface area contributed by atoms with Crippen LogP contribution in [0.15, 0.2) is 10.8 Å². The Kier molecular flexibility index (Phi) is 5.74. The van der Waals surface area contributed by atoms with Gasteiger partial charge < -0.3 is 10.1 Å². The number of nitrogens with zero attached hydrogens (tertiary/aromatic N) is 2. The molecule has 0 saturated heterocycles. The maximum atomic E-state index is 5.25. The molecule has 0 bridgehead atoms. The highest BCUT2D eigenvalue weighted by atomic mass is 127. The minimum Gasteiger partial charge on any atom is -0.378 e. The Morgan fingerprint density at radius 2 is 2.15 bits per heavy atom. The summed E-state index contributed by atoms with van der Waals surface area (Å²) in [5.74, 6) is 1.67. The van der Waals surface area contributed by atoms with Crippen molar-refractivity contribution in [3.63, 3.8) is 0 Å². The van der Waals surface area contributed by atoms with Crippen LogP contribution >= 0.6 is 33.9 Å². The third kappa shape index (κ3) is 3.48. The van der Waals surface area contributed by atoms with E-state index in [4.69, 9.17) is 4.74 Å². The molecule has 0 unspecified atom stereocenters. The molecule has 0 aliphatic heterocycles. The molecule has 0 atom stereocenters. The zero-order valence-electron chi connectivity index (χ0n) is 11.9. The normalized spacial score (nSPS) is 10.8. The summed E-state index contributed by atoms with van der Waals surface area (Å²) < 4.78 is 6.29. The molecule has 0 radical (unpaired) electrons. The van der Waals surface area contributed by atoms with Crippen molar-refractivity contribution in [3.05, 3.63) is 25.6 Å². The highest BCUT2D eigenvalue weighted by Gasteiger charge is 2.14. The van der Waals surface area contributed by atoms with E-state index in [1.54, 1.807) is 18.4 Å². The van der Waals surface area contributed by atoms with E-state index < -0.39 is 0 Å². The van der Waals surface area contributed by atoms with Gasteiger partial charge in [0, 0.05) is 24.6 Å². The van der Waals surface area contributed by atoms with Crippen LogP contribution in [0, 0.1) is 10.5 Å². The van der Waals surface area contributed by atoms with Crippen molar-refractivity contribution in [3.8, 4) is 11.4 Å². The highest BCUT2D eigenvalue weighted by Crippen LogP contribution is 2.28. The first-order chi connectivity index (χ1) is 9.67. The number of thiophene rings is 1. The molecular formula is C14H18IN3OS. The summed E-state index contributed by atoms with van der Waals surface area (Å²) in [6.45, 7) is 5.63. The SMILES string of the molecule is CCCNc1nc(-c2cscc2C)nc(COC)c1I. The fourth-order valence-corrected chi connectivity index (χ4v) is 3.21. The lowest BCUT2D eigenvalue weighted by molar-refractivity contribution is 0.181. The van der Waals surface area contributed by atoms with Crippen molar-refractivity contribution in [2.45, 2.75) is 26.9 Å². The average molecular weight is 403 g/mol. The number of aromatic nitrogens is 2. The van der Waals surface area contributed by atoms with Crippen molar-refractivity contribution in [2.75, 3.05) is 19.0 Å². The monoisotopic (exact) mass is 403 g/mol. The predicted octanol–water partition coefficient (Wildman–Crippen LogP) is 4.09. The van der Waals surface area contributed by atoms with Gasteiger partial charge in [-0.3, -0.25) is 0 Å². The van der Waals surface area contributed by atoms with E-state index in [1.807, 2.05) is 0 Å². The van der Waals surface area contributed by atoms with Crippen molar-refractivity contribution >= 4 is 39.7 Å². The van der Waals surface area contributed by atoms with E-state index in [9.17, 15) is 0 Å². The van der Waals surface area contributed by atoms with Crippen molar-refractivity contribution in [1.82, 2.24) is 9.97 Å². The number of hydrogen-bond acceptors (Lipinski definition) is 5. The Bertz CT molecular complexity index is 586. The van der Waals surface area contributed by atoms with Gasteiger partial charge in [-0.15, -0.1) is 0 Å². The molecule has 0 aliphatic carbocycles. The molecule has 2 heterocycles. The molecule has 108 valence electrons. The second kappa shape index (κ2) is 7.33. The van der Waals surface area contributed by atoms with Crippen LogP contribution in [0.4, 0.5) is 5.82 Å². The van der Waals surface area contributed by atoms with Crippen molar-refractivity contribution in [1.29, 1.82) is 0 Å². The van der Waals surface area contributed by atoms with E-state index in [2.05, 4.69) is 62.5 Å². The van der Waals surface area contributed by atoms with Gasteiger partial charge in [-0.2, -0.15) is 11.3 Å². The summed E-state index contributed by atoms with van der Waals surface area (Å²) >= 11 is 3.96. The molecule has 0 fully saturated rings. The first-order valence-corrected chi connectivity index (χ1v) is 8.51. The highest BCUT2D eigenvalue weighted by molar-refractivity contribution is 14.1. The molecule has 20 heavy (non-hydrogen) atoms. The van der Waals surface area contributed by atoms with Crippen LogP contribution < -0.4 is 5.32 Å². The van der Waals surface area contributed by atoms with Crippen LogP contribution in [-0.2, 0) is 11.3 Å². The van der Waals surface area contributed by atoms with Crippen LogP contribution in [0.25, 0.3) is 11.4 Å². The number of anilines is 1. The first kappa shape index (κ1) is 15.7. The Balaban J connectivity index is 2.46. The third-order valence-electron chi connectivity index (χ3n) is 2.84. The molecule has 0 saturated carbocycles. The summed E-state index contributed by atoms with van der Waals surface area (Å²) in [5, 5.41) is 7.58. The topological polar surface area (TPSA) is 47.0 Å². The standard InChI is InChI=1S/C14H18IN3OS/c1-4-5-16-14-12(15)11(6-19-3)17-13(18-14)10-8-20-7-9(10)2/h7-8H,4-6H2,1-3H3,(H,16,17,18). The second-order valence-electron chi connectivity index (χ2n) is 4.48. The number of ether oxygens (including phenoxy) is 1. The smallest absolute Gasteiger partial charge is 0.163 e. The maximum absolute atomic E-state index is 5.25. The van der Waals surface area contributed by atoms with E-state index in [1.165, 1.54) is 5.56 Å². The minimum absolute atomic E-state index is 0.498. The lowest BCUT2D eigenvalue weighted by Crippen LogP contribution is -2.09. The van der Waals surface area contributed by atoms with Gasteiger partial charge in [0.25, 0.3) is 0 Å². The molecule has 2 rings (SSSR count). The van der Waals surface area contributed by atoms with E-state index in [-0.39, 0.29) is 0 Å². The van der Waals surface area contributed by atoms with Crippen LogP contribution in [-0.4, -0.2) is 23.6 Å². The zero-order chi connectivity index (χ0) is 14.5. The third-order valence-corrected chi connectivity index (χ3v) is 4.83. The minimum atomic E-state index is 0.498. The summed E-state index contributed by atoms with van der Waals surface area (Å²) in [5.41, 5.74) is 3.24.